The van der Waals surface area contributed by atoms with E-state index in [1.807, 2.05) is 6.92 Å². The lowest BCUT2D eigenvalue weighted by atomic mass is 10.2. The summed E-state index contributed by atoms with van der Waals surface area (Å²) in [7, 11) is -3.78. The average Bonchev–Trinajstić information content (AvgIpc) is 2.15. The van der Waals surface area contributed by atoms with Gasteiger partial charge >= 0.3 is 0 Å². The van der Waals surface area contributed by atoms with Crippen molar-refractivity contribution in [3.05, 3.63) is 30.1 Å². The van der Waals surface area contributed by atoms with Crippen LogP contribution in [-0.2, 0) is 10.0 Å². The maximum Gasteiger partial charge on any atom is 0.243 e. The van der Waals surface area contributed by atoms with Gasteiger partial charge in [-0.3, -0.25) is 0 Å². The van der Waals surface area contributed by atoms with E-state index < -0.39 is 15.8 Å². The molecule has 1 aromatic carbocycles. The molecule has 0 radical (unpaired) electrons. The Morgan fingerprint density at radius 1 is 1.35 bits per heavy atom. The zero-order valence-corrected chi connectivity index (χ0v) is 12.1. The Labute approximate surface area is 110 Å². The van der Waals surface area contributed by atoms with Crippen LogP contribution in [0.4, 0.5) is 4.39 Å². The van der Waals surface area contributed by atoms with Crippen molar-refractivity contribution in [2.75, 3.05) is 0 Å². The summed E-state index contributed by atoms with van der Waals surface area (Å²) in [5, 5.41) is 0. The number of hydrogen-bond acceptors (Lipinski definition) is 2. The van der Waals surface area contributed by atoms with Crippen LogP contribution in [0.3, 0.4) is 0 Å². The van der Waals surface area contributed by atoms with E-state index in [1.54, 1.807) is 6.92 Å². The number of sulfonamides is 1. The van der Waals surface area contributed by atoms with Crippen molar-refractivity contribution >= 4 is 26.0 Å². The van der Waals surface area contributed by atoms with Crippen molar-refractivity contribution in [3.8, 4) is 0 Å². The monoisotopic (exact) mass is 323 g/mol. The molecule has 17 heavy (non-hydrogen) atoms. The van der Waals surface area contributed by atoms with Gasteiger partial charge in [0, 0.05) is 10.9 Å². The molecule has 0 amide bonds. The van der Waals surface area contributed by atoms with Gasteiger partial charge in [0.1, 0.15) is 10.7 Å². The average molecular weight is 324 g/mol. The van der Waals surface area contributed by atoms with Gasteiger partial charge in [0.05, 0.1) is 0 Å². The highest BCUT2D eigenvalue weighted by Crippen LogP contribution is 2.15. The van der Waals surface area contributed by atoms with Crippen LogP contribution in [0.2, 0.25) is 0 Å². The Balaban J connectivity index is 2.86. The molecule has 0 bridgehead atoms. The third-order valence-corrected chi connectivity index (χ3v) is 4.16. The smallest absolute Gasteiger partial charge is 0.208 e. The minimum absolute atomic E-state index is 0.195. The van der Waals surface area contributed by atoms with E-state index in [0.29, 0.717) is 6.42 Å². The molecular weight excluding hydrogens is 309 g/mol. The van der Waals surface area contributed by atoms with Gasteiger partial charge in [-0.1, -0.05) is 35.0 Å². The number of halogens is 2. The van der Waals surface area contributed by atoms with E-state index in [9.17, 15) is 12.8 Å². The Hall–Kier alpha value is -0.460. The normalized spacial score (nSPS) is 15.5. The maximum atomic E-state index is 13.4. The first-order chi connectivity index (χ1) is 7.83. The molecule has 2 atom stereocenters. The van der Waals surface area contributed by atoms with E-state index in [0.717, 1.165) is 6.07 Å². The van der Waals surface area contributed by atoms with Crippen molar-refractivity contribution in [1.29, 1.82) is 0 Å². The molecule has 0 aliphatic rings. The molecule has 0 aromatic heterocycles. The van der Waals surface area contributed by atoms with Crippen LogP contribution in [0.25, 0.3) is 0 Å². The second kappa shape index (κ2) is 5.93. The number of alkyl halides is 1. The molecule has 0 saturated carbocycles. The fourth-order valence-corrected chi connectivity index (χ4v) is 3.42. The summed E-state index contributed by atoms with van der Waals surface area (Å²) in [6.07, 6.45) is 0.633. The first-order valence-electron chi connectivity index (χ1n) is 5.24. The van der Waals surface area contributed by atoms with Gasteiger partial charge in [0.25, 0.3) is 0 Å². The lowest BCUT2D eigenvalue weighted by Crippen LogP contribution is -2.34. The van der Waals surface area contributed by atoms with Gasteiger partial charge in [-0.05, 0) is 25.5 Å². The summed E-state index contributed by atoms with van der Waals surface area (Å²) in [6, 6.07) is 5.08. The second-order valence-corrected chi connectivity index (χ2v) is 7.21. The molecule has 6 heteroatoms. The highest BCUT2D eigenvalue weighted by molar-refractivity contribution is 9.09. The molecule has 1 rings (SSSR count). The van der Waals surface area contributed by atoms with Crippen LogP contribution in [0.15, 0.2) is 29.2 Å². The lowest BCUT2D eigenvalue weighted by molar-refractivity contribution is 0.534. The quantitative estimate of drug-likeness (QED) is 0.847. The summed E-state index contributed by atoms with van der Waals surface area (Å²) in [6.45, 7) is 3.67. The molecule has 0 saturated heterocycles. The van der Waals surface area contributed by atoms with Gasteiger partial charge in [0.15, 0.2) is 0 Å². The molecule has 1 N–H and O–H groups in total. The number of rotatable bonds is 5. The first-order valence-corrected chi connectivity index (χ1v) is 7.63. The predicted octanol–water partition coefficient (Wildman–Crippen LogP) is 2.67. The number of hydrogen-bond donors (Lipinski definition) is 1. The Bertz CT molecular complexity index is 476. The van der Waals surface area contributed by atoms with Crippen molar-refractivity contribution in [1.82, 2.24) is 4.72 Å². The first kappa shape index (κ1) is 14.6. The second-order valence-electron chi connectivity index (χ2n) is 3.97. The molecule has 1 aromatic rings. The van der Waals surface area contributed by atoms with Crippen LogP contribution in [0.5, 0.6) is 0 Å². The summed E-state index contributed by atoms with van der Waals surface area (Å²) < 4.78 is 39.6. The summed E-state index contributed by atoms with van der Waals surface area (Å²) in [5.74, 6) is -0.737. The van der Waals surface area contributed by atoms with Gasteiger partial charge < -0.3 is 0 Å². The maximum absolute atomic E-state index is 13.4. The zero-order chi connectivity index (χ0) is 13.1. The topological polar surface area (TPSA) is 46.2 Å². The Kier molecular flexibility index (Phi) is 5.09. The SMILES string of the molecule is CC(Br)CC(C)NS(=O)(=O)c1ccccc1F. The minimum Gasteiger partial charge on any atom is -0.208 e. The summed E-state index contributed by atoms with van der Waals surface area (Å²) in [5.41, 5.74) is 0. The summed E-state index contributed by atoms with van der Waals surface area (Å²) in [4.78, 5) is -0.116. The van der Waals surface area contributed by atoms with Crippen LogP contribution in [-0.4, -0.2) is 19.3 Å². The van der Waals surface area contributed by atoms with E-state index in [-0.39, 0.29) is 15.8 Å². The summed E-state index contributed by atoms with van der Waals surface area (Å²) >= 11 is 3.34. The Morgan fingerprint density at radius 2 is 1.94 bits per heavy atom. The third kappa shape index (κ3) is 4.37. The van der Waals surface area contributed by atoms with E-state index in [1.165, 1.54) is 18.2 Å². The lowest BCUT2D eigenvalue weighted by Gasteiger charge is -2.15. The van der Waals surface area contributed by atoms with Crippen LogP contribution < -0.4 is 4.72 Å². The third-order valence-electron chi connectivity index (χ3n) is 2.16. The molecule has 96 valence electrons. The highest BCUT2D eigenvalue weighted by atomic mass is 79.9. The standard InChI is InChI=1S/C11H15BrFNO2S/c1-8(12)7-9(2)14-17(15,16)11-6-4-3-5-10(11)13/h3-6,8-9,14H,7H2,1-2H3. The van der Waals surface area contributed by atoms with E-state index in [4.69, 9.17) is 0 Å². The predicted molar refractivity (Wildman–Crippen MR) is 69.2 cm³/mol. The van der Waals surface area contributed by atoms with Crippen molar-refractivity contribution in [2.24, 2.45) is 0 Å². The van der Waals surface area contributed by atoms with Gasteiger partial charge in [0.2, 0.25) is 10.0 Å². The molecule has 0 aliphatic heterocycles. The number of nitrogens with one attached hydrogen (secondary N) is 1. The molecule has 3 nitrogen and oxygen atoms in total. The number of benzene rings is 1. The van der Waals surface area contributed by atoms with Crippen LogP contribution >= 0.6 is 15.9 Å². The minimum atomic E-state index is -3.78. The van der Waals surface area contributed by atoms with Crippen molar-refractivity contribution in [2.45, 2.75) is 36.0 Å². The van der Waals surface area contributed by atoms with E-state index >= 15 is 0 Å². The fraction of sp³-hybridized carbons (Fsp3) is 0.455. The highest BCUT2D eigenvalue weighted by Gasteiger charge is 2.21. The van der Waals surface area contributed by atoms with Gasteiger partial charge in [-0.15, -0.1) is 0 Å². The molecule has 2 unspecified atom stereocenters. The zero-order valence-electron chi connectivity index (χ0n) is 9.65. The largest absolute Gasteiger partial charge is 0.243 e. The van der Waals surface area contributed by atoms with Gasteiger partial charge in [-0.2, -0.15) is 0 Å². The van der Waals surface area contributed by atoms with Gasteiger partial charge in [-0.25, -0.2) is 17.5 Å². The Morgan fingerprint density at radius 3 is 2.47 bits per heavy atom. The molecular formula is C11H15BrFNO2S. The molecule has 0 fully saturated rings. The molecule has 0 aliphatic carbocycles. The van der Waals surface area contributed by atoms with Crippen molar-refractivity contribution < 1.29 is 12.8 Å². The fourth-order valence-electron chi connectivity index (χ4n) is 1.53. The van der Waals surface area contributed by atoms with Crippen molar-refractivity contribution in [3.63, 3.8) is 0 Å². The molecule has 0 spiro atoms. The van der Waals surface area contributed by atoms with Crippen LogP contribution in [0, 0.1) is 5.82 Å². The van der Waals surface area contributed by atoms with E-state index in [2.05, 4.69) is 20.7 Å². The molecule has 0 heterocycles. The van der Waals surface area contributed by atoms with Crippen LogP contribution in [0.1, 0.15) is 20.3 Å².